The molecule has 0 aliphatic carbocycles. The molecule has 1 aliphatic rings. The molecule has 1 fully saturated rings. The number of ether oxygens (including phenoxy) is 2. The zero-order valence-electron chi connectivity index (χ0n) is 8.79. The van der Waals surface area contributed by atoms with Gasteiger partial charge in [-0.1, -0.05) is 0 Å². The first kappa shape index (κ1) is 10.7. The molecule has 0 bridgehead atoms. The number of nitrogen functional groups attached to an aromatic ring is 1. The summed E-state index contributed by atoms with van der Waals surface area (Å²) in [4.78, 5) is 10.7. The number of nitrogens with two attached hydrogens (primary N) is 1. The molecule has 1 saturated heterocycles. The van der Waals surface area contributed by atoms with Crippen LogP contribution in [0, 0.1) is 0 Å². The Bertz CT molecular complexity index is 399. The van der Waals surface area contributed by atoms with E-state index in [2.05, 4.69) is 5.10 Å². The number of carbonyl (C=O) groups is 1. The van der Waals surface area contributed by atoms with Crippen LogP contribution in [0.2, 0.25) is 0 Å². The predicted octanol–water partition coefficient (Wildman–Crippen LogP) is -0.111. The van der Waals surface area contributed by atoms with Gasteiger partial charge in [-0.3, -0.25) is 4.68 Å². The highest BCUT2D eigenvalue weighted by atomic mass is 16.6. The van der Waals surface area contributed by atoms with Crippen molar-refractivity contribution < 1.29 is 19.4 Å². The Morgan fingerprint density at radius 3 is 3.00 bits per heavy atom. The average Bonchev–Trinajstić information content (AvgIpc) is 2.52. The second-order valence-electron chi connectivity index (χ2n) is 3.66. The SMILES string of the molecule is CC(C(=O)O)n1cc(N)c(OC2COC2)n1. The fourth-order valence-corrected chi connectivity index (χ4v) is 1.23. The van der Waals surface area contributed by atoms with Gasteiger partial charge in [0.05, 0.1) is 19.4 Å². The number of aromatic nitrogens is 2. The van der Waals surface area contributed by atoms with E-state index in [0.717, 1.165) is 0 Å². The third-order valence-electron chi connectivity index (χ3n) is 2.36. The maximum Gasteiger partial charge on any atom is 0.328 e. The number of carboxylic acid groups (broad SMARTS) is 1. The topological polar surface area (TPSA) is 99.6 Å². The Kier molecular flexibility index (Phi) is 2.69. The minimum absolute atomic E-state index is 0.0363. The van der Waals surface area contributed by atoms with Crippen molar-refractivity contribution in [2.24, 2.45) is 0 Å². The van der Waals surface area contributed by atoms with E-state index in [-0.39, 0.29) is 12.0 Å². The molecule has 88 valence electrons. The summed E-state index contributed by atoms with van der Waals surface area (Å²) in [6.07, 6.45) is 1.42. The molecule has 0 radical (unpaired) electrons. The summed E-state index contributed by atoms with van der Waals surface area (Å²) in [5.74, 6) is -0.706. The summed E-state index contributed by atoms with van der Waals surface area (Å²) in [5.41, 5.74) is 6.00. The van der Waals surface area contributed by atoms with Crippen molar-refractivity contribution in [3.8, 4) is 5.88 Å². The fraction of sp³-hybridized carbons (Fsp3) is 0.556. The van der Waals surface area contributed by atoms with Gasteiger partial charge in [-0.25, -0.2) is 4.79 Å². The van der Waals surface area contributed by atoms with Crippen LogP contribution in [-0.2, 0) is 9.53 Å². The summed E-state index contributed by atoms with van der Waals surface area (Å²) in [6, 6.07) is -0.766. The smallest absolute Gasteiger partial charge is 0.328 e. The molecule has 2 rings (SSSR count). The van der Waals surface area contributed by atoms with Gasteiger partial charge >= 0.3 is 5.97 Å². The van der Waals surface area contributed by atoms with Crippen LogP contribution in [0.25, 0.3) is 0 Å². The Morgan fingerprint density at radius 2 is 2.50 bits per heavy atom. The minimum Gasteiger partial charge on any atom is -0.480 e. The minimum atomic E-state index is -0.971. The van der Waals surface area contributed by atoms with Gasteiger partial charge in [0.15, 0.2) is 0 Å². The number of carboxylic acids is 1. The molecule has 0 spiro atoms. The van der Waals surface area contributed by atoms with Crippen LogP contribution >= 0.6 is 0 Å². The zero-order valence-corrected chi connectivity index (χ0v) is 8.79. The van der Waals surface area contributed by atoms with Crippen molar-refractivity contribution in [3.63, 3.8) is 0 Å². The van der Waals surface area contributed by atoms with Crippen molar-refractivity contribution >= 4 is 11.7 Å². The van der Waals surface area contributed by atoms with Gasteiger partial charge < -0.3 is 20.3 Å². The molecule has 1 atom stereocenters. The van der Waals surface area contributed by atoms with Gasteiger partial charge in [-0.05, 0) is 6.92 Å². The number of hydrogen-bond acceptors (Lipinski definition) is 5. The second-order valence-corrected chi connectivity index (χ2v) is 3.66. The van der Waals surface area contributed by atoms with Gasteiger partial charge in [0.25, 0.3) is 5.88 Å². The lowest BCUT2D eigenvalue weighted by Crippen LogP contribution is -2.38. The number of anilines is 1. The third kappa shape index (κ3) is 1.94. The molecule has 0 amide bonds. The number of rotatable bonds is 4. The average molecular weight is 227 g/mol. The first-order valence-electron chi connectivity index (χ1n) is 4.89. The van der Waals surface area contributed by atoms with E-state index in [4.69, 9.17) is 20.3 Å². The number of hydrogen-bond donors (Lipinski definition) is 2. The van der Waals surface area contributed by atoms with E-state index in [1.807, 2.05) is 0 Å². The lowest BCUT2D eigenvalue weighted by Gasteiger charge is -2.25. The standard InChI is InChI=1S/C9H13N3O4/c1-5(9(13)14)12-2-7(10)8(11-12)16-6-3-15-4-6/h2,5-6H,3-4,10H2,1H3,(H,13,14). The van der Waals surface area contributed by atoms with E-state index < -0.39 is 12.0 Å². The molecule has 1 aliphatic heterocycles. The van der Waals surface area contributed by atoms with Crippen LogP contribution in [0.3, 0.4) is 0 Å². The molecule has 3 N–H and O–H groups in total. The fourth-order valence-electron chi connectivity index (χ4n) is 1.23. The van der Waals surface area contributed by atoms with E-state index in [1.165, 1.54) is 17.8 Å². The van der Waals surface area contributed by atoms with Crippen molar-refractivity contribution in [3.05, 3.63) is 6.20 Å². The van der Waals surface area contributed by atoms with E-state index >= 15 is 0 Å². The van der Waals surface area contributed by atoms with E-state index in [9.17, 15) is 4.79 Å². The number of nitrogens with zero attached hydrogens (tertiary/aromatic N) is 2. The Morgan fingerprint density at radius 1 is 1.81 bits per heavy atom. The molecule has 1 aromatic rings. The van der Waals surface area contributed by atoms with Crippen LogP contribution in [0.15, 0.2) is 6.20 Å². The Balaban J connectivity index is 2.11. The number of aliphatic carboxylic acids is 1. The summed E-state index contributed by atoms with van der Waals surface area (Å²) in [6.45, 7) is 2.55. The van der Waals surface area contributed by atoms with Gasteiger partial charge in [0, 0.05) is 0 Å². The van der Waals surface area contributed by atoms with Crippen LogP contribution in [0.4, 0.5) is 5.69 Å². The van der Waals surface area contributed by atoms with Gasteiger partial charge in [0.1, 0.15) is 17.8 Å². The Labute approximate surface area is 91.7 Å². The second kappa shape index (κ2) is 4.01. The molecule has 0 saturated carbocycles. The molecule has 1 aromatic heterocycles. The quantitative estimate of drug-likeness (QED) is 0.744. The maximum atomic E-state index is 10.7. The highest BCUT2D eigenvalue weighted by Gasteiger charge is 2.24. The molecular formula is C9H13N3O4. The maximum absolute atomic E-state index is 10.7. The molecule has 7 nitrogen and oxygen atoms in total. The molecule has 16 heavy (non-hydrogen) atoms. The molecule has 7 heteroatoms. The summed E-state index contributed by atoms with van der Waals surface area (Å²) in [5, 5.41) is 12.8. The normalized spacial score (nSPS) is 17.8. The lowest BCUT2D eigenvalue weighted by molar-refractivity contribution is -0.140. The van der Waals surface area contributed by atoms with Gasteiger partial charge in [0.2, 0.25) is 0 Å². The largest absolute Gasteiger partial charge is 0.480 e. The summed E-state index contributed by atoms with van der Waals surface area (Å²) in [7, 11) is 0. The predicted molar refractivity (Wildman–Crippen MR) is 54.2 cm³/mol. The van der Waals surface area contributed by atoms with E-state index in [1.54, 1.807) is 0 Å². The zero-order chi connectivity index (χ0) is 11.7. The highest BCUT2D eigenvalue weighted by molar-refractivity contribution is 5.71. The van der Waals surface area contributed by atoms with Crippen LogP contribution in [-0.4, -0.2) is 40.2 Å². The van der Waals surface area contributed by atoms with Crippen LogP contribution in [0.5, 0.6) is 5.88 Å². The lowest BCUT2D eigenvalue weighted by atomic mass is 10.3. The Hall–Kier alpha value is -1.76. The first-order valence-corrected chi connectivity index (χ1v) is 4.89. The van der Waals surface area contributed by atoms with Gasteiger partial charge in [-0.15, -0.1) is 5.10 Å². The summed E-state index contributed by atoms with van der Waals surface area (Å²) >= 11 is 0. The van der Waals surface area contributed by atoms with Crippen molar-refractivity contribution in [2.45, 2.75) is 19.1 Å². The molecule has 0 aromatic carbocycles. The van der Waals surface area contributed by atoms with Gasteiger partial charge in [-0.2, -0.15) is 0 Å². The van der Waals surface area contributed by atoms with Crippen molar-refractivity contribution in [1.82, 2.24) is 9.78 Å². The third-order valence-corrected chi connectivity index (χ3v) is 2.36. The van der Waals surface area contributed by atoms with E-state index in [0.29, 0.717) is 18.9 Å². The molecular weight excluding hydrogens is 214 g/mol. The monoisotopic (exact) mass is 227 g/mol. The molecule has 2 heterocycles. The van der Waals surface area contributed by atoms with Crippen molar-refractivity contribution in [1.29, 1.82) is 0 Å². The van der Waals surface area contributed by atoms with Crippen molar-refractivity contribution in [2.75, 3.05) is 18.9 Å². The summed E-state index contributed by atoms with van der Waals surface area (Å²) < 4.78 is 11.6. The van der Waals surface area contributed by atoms with Crippen LogP contribution < -0.4 is 10.5 Å². The van der Waals surface area contributed by atoms with Crippen LogP contribution in [0.1, 0.15) is 13.0 Å². The first-order chi connectivity index (χ1) is 7.58. The molecule has 1 unspecified atom stereocenters. The highest BCUT2D eigenvalue weighted by Crippen LogP contribution is 2.23.